The maximum atomic E-state index is 5.30. The molecule has 0 N–H and O–H groups in total. The Morgan fingerprint density at radius 1 is 0.339 bits per heavy atom. The second-order valence-corrected chi connectivity index (χ2v) is 16.9. The molecule has 0 amide bonds. The van der Waals surface area contributed by atoms with Crippen LogP contribution in [0.25, 0.3) is 78.3 Å². The first-order valence-electron chi connectivity index (χ1n) is 20.4. The van der Waals surface area contributed by atoms with Gasteiger partial charge < -0.3 is 0 Å². The fourth-order valence-corrected chi connectivity index (χ4v) is 11.7. The second kappa shape index (κ2) is 12.4. The lowest BCUT2D eigenvalue weighted by Gasteiger charge is -2.61. The van der Waals surface area contributed by atoms with Gasteiger partial charge in [-0.15, -0.1) is 0 Å². The molecule has 0 radical (unpaired) electrons. The van der Waals surface area contributed by atoms with Crippen molar-refractivity contribution in [2.24, 2.45) is 23.7 Å². The summed E-state index contributed by atoms with van der Waals surface area (Å²) in [6.07, 6.45) is 6.91. The fourth-order valence-electron chi connectivity index (χ4n) is 11.7. The summed E-state index contributed by atoms with van der Waals surface area (Å²) in [6.45, 7) is 0. The highest BCUT2D eigenvalue weighted by Gasteiger charge is 2.61. The van der Waals surface area contributed by atoms with Gasteiger partial charge in [0.05, 0.1) is 0 Å². The highest BCUT2D eigenvalue weighted by atomic mass is 15.0. The van der Waals surface area contributed by atoms with Gasteiger partial charge in [-0.25, -0.2) is 15.0 Å². The van der Waals surface area contributed by atoms with Crippen LogP contribution in [0.15, 0.2) is 164 Å². The molecule has 13 rings (SSSR count). The van der Waals surface area contributed by atoms with Gasteiger partial charge in [0.15, 0.2) is 17.5 Å². The molecule has 1 spiro atoms. The quantitative estimate of drug-likeness (QED) is 0.178. The maximum Gasteiger partial charge on any atom is 0.164 e. The minimum atomic E-state index is 0.0891. The molecule has 3 nitrogen and oxygen atoms in total. The van der Waals surface area contributed by atoms with E-state index in [1.165, 1.54) is 65.1 Å². The lowest BCUT2D eigenvalue weighted by Crippen LogP contribution is -2.55. The van der Waals surface area contributed by atoms with Crippen LogP contribution in [0.4, 0.5) is 0 Å². The summed E-state index contributed by atoms with van der Waals surface area (Å²) in [5.74, 6) is 5.27. The van der Waals surface area contributed by atoms with E-state index in [2.05, 4.69) is 164 Å². The molecule has 268 valence electrons. The van der Waals surface area contributed by atoms with E-state index in [0.717, 1.165) is 39.7 Å². The first-order valence-corrected chi connectivity index (χ1v) is 20.4. The average molecular weight is 720 g/mol. The zero-order valence-corrected chi connectivity index (χ0v) is 31.3. The third kappa shape index (κ3) is 4.93. The van der Waals surface area contributed by atoms with Gasteiger partial charge in [0.1, 0.15) is 0 Å². The Morgan fingerprint density at radius 2 is 0.786 bits per heavy atom. The van der Waals surface area contributed by atoms with Crippen LogP contribution < -0.4 is 0 Å². The molecule has 56 heavy (non-hydrogen) atoms. The maximum absolute atomic E-state index is 5.30. The zero-order valence-electron chi connectivity index (χ0n) is 31.3. The predicted octanol–water partition coefficient (Wildman–Crippen LogP) is 13.1. The van der Waals surface area contributed by atoms with Crippen molar-refractivity contribution >= 4 is 10.8 Å². The van der Waals surface area contributed by atoms with E-state index in [1.807, 2.05) is 0 Å². The number of rotatable bonds is 5. The van der Waals surface area contributed by atoms with Gasteiger partial charge >= 0.3 is 0 Å². The first-order chi connectivity index (χ1) is 27.7. The Morgan fingerprint density at radius 3 is 1.34 bits per heavy atom. The number of hydrogen-bond acceptors (Lipinski definition) is 3. The third-order valence-electron chi connectivity index (χ3n) is 13.9. The Kier molecular flexibility index (Phi) is 7.11. The Hall–Kier alpha value is -6.19. The topological polar surface area (TPSA) is 38.7 Å². The summed E-state index contributed by atoms with van der Waals surface area (Å²) in [4.78, 5) is 15.8. The zero-order chi connectivity index (χ0) is 36.8. The van der Waals surface area contributed by atoms with Crippen molar-refractivity contribution in [3.8, 4) is 67.5 Å². The SMILES string of the molecule is c1ccc(-c2cccc(-c3nc(-c4cccc(-c5ccccc5)c4)nc(-c4ccc5c(c4)-c4cc6ccccc6cc4C54C5CC6CC(C5)CC4C6)n3)c2)cc1. The van der Waals surface area contributed by atoms with Gasteiger partial charge in [0.2, 0.25) is 0 Å². The Labute approximate surface area is 328 Å². The van der Waals surface area contributed by atoms with E-state index in [0.29, 0.717) is 29.3 Å². The molecule has 0 aliphatic heterocycles. The van der Waals surface area contributed by atoms with Crippen LogP contribution in [0.1, 0.15) is 43.2 Å². The molecular weight excluding hydrogens is 679 g/mol. The van der Waals surface area contributed by atoms with Gasteiger partial charge in [-0.2, -0.15) is 0 Å². The Bertz CT molecular complexity index is 2690. The normalized spacial score (nSPS) is 22.7. The molecule has 7 aromatic carbocycles. The summed E-state index contributed by atoms with van der Waals surface area (Å²) in [7, 11) is 0. The number of fused-ring (bicyclic) bond motifs is 4. The van der Waals surface area contributed by atoms with Crippen LogP contribution in [0.5, 0.6) is 0 Å². The molecule has 4 fully saturated rings. The van der Waals surface area contributed by atoms with Crippen LogP contribution >= 0.6 is 0 Å². The molecule has 0 unspecified atom stereocenters. The van der Waals surface area contributed by atoms with E-state index in [-0.39, 0.29) is 5.41 Å². The summed E-state index contributed by atoms with van der Waals surface area (Å²) in [5.41, 5.74) is 13.6. The molecule has 4 bridgehead atoms. The van der Waals surface area contributed by atoms with Gasteiger partial charge in [-0.1, -0.05) is 133 Å². The lowest BCUT2D eigenvalue weighted by molar-refractivity contribution is -0.0398. The average Bonchev–Trinajstić information content (AvgIpc) is 3.54. The van der Waals surface area contributed by atoms with E-state index < -0.39 is 0 Å². The summed E-state index contributed by atoms with van der Waals surface area (Å²) < 4.78 is 0. The summed E-state index contributed by atoms with van der Waals surface area (Å²) in [5, 5.41) is 2.67. The van der Waals surface area contributed by atoms with E-state index in [1.54, 1.807) is 11.1 Å². The van der Waals surface area contributed by atoms with Crippen molar-refractivity contribution in [2.45, 2.75) is 37.5 Å². The van der Waals surface area contributed by atoms with E-state index in [9.17, 15) is 0 Å². The molecule has 5 aliphatic carbocycles. The number of benzene rings is 7. The predicted molar refractivity (Wildman–Crippen MR) is 228 cm³/mol. The van der Waals surface area contributed by atoms with Crippen molar-refractivity contribution in [3.05, 3.63) is 175 Å². The first kappa shape index (κ1) is 32.1. The highest BCUT2D eigenvalue weighted by molar-refractivity contribution is 5.95. The van der Waals surface area contributed by atoms with Crippen LogP contribution in [0, 0.1) is 23.7 Å². The van der Waals surface area contributed by atoms with Crippen LogP contribution in [-0.4, -0.2) is 15.0 Å². The molecule has 0 atom stereocenters. The lowest BCUT2D eigenvalue weighted by atomic mass is 9.43. The molecule has 5 aliphatic rings. The number of aromatic nitrogens is 3. The van der Waals surface area contributed by atoms with Gasteiger partial charge in [-0.05, 0) is 141 Å². The van der Waals surface area contributed by atoms with Crippen molar-refractivity contribution < 1.29 is 0 Å². The molecule has 8 aromatic rings. The summed E-state index contributed by atoms with van der Waals surface area (Å²) in [6, 6.07) is 59.5. The molecule has 0 saturated heterocycles. The van der Waals surface area contributed by atoms with Crippen molar-refractivity contribution in [1.82, 2.24) is 15.0 Å². The van der Waals surface area contributed by atoms with E-state index in [4.69, 9.17) is 15.0 Å². The molecular formula is C53H41N3. The molecule has 4 saturated carbocycles. The largest absolute Gasteiger partial charge is 0.208 e. The summed E-state index contributed by atoms with van der Waals surface area (Å²) >= 11 is 0. The monoisotopic (exact) mass is 719 g/mol. The standard InChI is InChI=1S/C53H41N3/c1-3-11-35(12-4-1)37-17-9-19-41(28-37)50-54-51(42-20-10-18-38(29-42)36-13-5-2-6-14-36)56-52(55-50)43-21-22-48-46(31-43)47-30-39-15-7-8-16-40(39)32-49(47)53(48)44-24-33-23-34(26-44)27-45(53)25-33/h1-22,28-34,44-45H,23-27H2. The van der Waals surface area contributed by atoms with Crippen molar-refractivity contribution in [1.29, 1.82) is 0 Å². The molecule has 3 heteroatoms. The van der Waals surface area contributed by atoms with E-state index >= 15 is 0 Å². The van der Waals surface area contributed by atoms with Crippen molar-refractivity contribution in [2.75, 3.05) is 0 Å². The smallest absolute Gasteiger partial charge is 0.164 e. The number of nitrogens with zero attached hydrogens (tertiary/aromatic N) is 3. The third-order valence-corrected chi connectivity index (χ3v) is 13.9. The number of hydrogen-bond donors (Lipinski definition) is 0. The van der Waals surface area contributed by atoms with Crippen LogP contribution in [0.2, 0.25) is 0 Å². The van der Waals surface area contributed by atoms with Gasteiger partial charge in [0.25, 0.3) is 0 Å². The van der Waals surface area contributed by atoms with Crippen LogP contribution in [-0.2, 0) is 5.41 Å². The molecule has 1 heterocycles. The fraction of sp³-hybridized carbons (Fsp3) is 0.189. The molecule has 1 aromatic heterocycles. The Balaban J connectivity index is 1.05. The van der Waals surface area contributed by atoms with Gasteiger partial charge in [0, 0.05) is 22.1 Å². The highest BCUT2D eigenvalue weighted by Crippen LogP contribution is 2.69. The van der Waals surface area contributed by atoms with Crippen molar-refractivity contribution in [3.63, 3.8) is 0 Å². The minimum absolute atomic E-state index is 0.0891. The van der Waals surface area contributed by atoms with Crippen LogP contribution in [0.3, 0.4) is 0 Å². The minimum Gasteiger partial charge on any atom is -0.208 e. The second-order valence-electron chi connectivity index (χ2n) is 16.9. The van der Waals surface area contributed by atoms with Gasteiger partial charge in [-0.3, -0.25) is 0 Å².